The van der Waals surface area contributed by atoms with E-state index in [1.807, 2.05) is 13.8 Å². The molecule has 4 nitrogen and oxygen atoms in total. The summed E-state index contributed by atoms with van der Waals surface area (Å²) in [5, 5.41) is 17.7. The minimum Gasteiger partial charge on any atom is -0.479 e. The van der Waals surface area contributed by atoms with Crippen LogP contribution in [0.3, 0.4) is 0 Å². The Bertz CT molecular complexity index is 399. The Morgan fingerprint density at radius 3 is 2.33 bits per heavy atom. The van der Waals surface area contributed by atoms with Crippen LogP contribution in [0.4, 0.5) is 8.78 Å². The summed E-state index contributed by atoms with van der Waals surface area (Å²) in [5.41, 5.74) is -0.129. The smallest absolute Gasteiger partial charge is 0.387 e. The van der Waals surface area contributed by atoms with Crippen molar-refractivity contribution >= 4 is 17.6 Å². The van der Waals surface area contributed by atoms with Crippen molar-refractivity contribution < 1.29 is 28.5 Å². The number of aliphatic carboxylic acids is 1. The zero-order valence-corrected chi connectivity index (χ0v) is 10.5. The summed E-state index contributed by atoms with van der Waals surface area (Å²) >= 11 is 5.55. The molecule has 1 aromatic carbocycles. The van der Waals surface area contributed by atoms with Gasteiger partial charge in [0, 0.05) is 5.02 Å². The van der Waals surface area contributed by atoms with Crippen molar-refractivity contribution in [1.29, 1.82) is 0 Å². The van der Waals surface area contributed by atoms with Gasteiger partial charge < -0.3 is 14.9 Å². The quantitative estimate of drug-likeness (QED) is 0.890. The van der Waals surface area contributed by atoms with Gasteiger partial charge in [0.2, 0.25) is 0 Å². The van der Waals surface area contributed by atoms with Crippen LogP contribution in [-0.2, 0) is 4.79 Å². The Hall–Kier alpha value is -1.40. The Labute approximate surface area is 108 Å². The van der Waals surface area contributed by atoms with Crippen molar-refractivity contribution in [3.05, 3.63) is 28.8 Å². The molecule has 1 unspecified atom stereocenters. The number of aliphatic hydroxyl groups is 1. The van der Waals surface area contributed by atoms with Crippen LogP contribution in [0.2, 0.25) is 5.02 Å². The summed E-state index contributed by atoms with van der Waals surface area (Å²) in [4.78, 5) is 10.5. The lowest BCUT2D eigenvalue weighted by molar-refractivity contribution is -0.146. The summed E-state index contributed by atoms with van der Waals surface area (Å²) in [6.07, 6.45) is -1.83. The lowest BCUT2D eigenvalue weighted by Gasteiger charge is -2.10. The fraction of sp³-hybridized carbons (Fsp3) is 0.364. The third-order valence-corrected chi connectivity index (χ3v) is 1.89. The van der Waals surface area contributed by atoms with Gasteiger partial charge in [-0.15, -0.1) is 0 Å². The Morgan fingerprint density at radius 1 is 1.33 bits per heavy atom. The minimum atomic E-state index is -3.05. The topological polar surface area (TPSA) is 66.8 Å². The molecule has 18 heavy (non-hydrogen) atoms. The molecule has 2 N–H and O–H groups in total. The highest BCUT2D eigenvalue weighted by Crippen LogP contribution is 2.26. The lowest BCUT2D eigenvalue weighted by Crippen LogP contribution is -2.11. The first-order chi connectivity index (χ1) is 8.40. The zero-order chi connectivity index (χ0) is 14.3. The molecule has 0 fully saturated rings. The van der Waals surface area contributed by atoms with Crippen molar-refractivity contribution in [3.8, 4) is 5.75 Å². The predicted molar refractivity (Wildman–Crippen MR) is 62.0 cm³/mol. The predicted octanol–water partition coefficient (Wildman–Crippen LogP) is 3.09. The number of carbonyl (C=O) groups is 1. The molecule has 1 aromatic rings. The molecule has 0 heterocycles. The van der Waals surface area contributed by atoms with E-state index in [-0.39, 0.29) is 16.3 Å². The van der Waals surface area contributed by atoms with E-state index >= 15 is 0 Å². The third-order valence-electron chi connectivity index (χ3n) is 1.67. The number of carboxylic acids is 1. The highest BCUT2D eigenvalue weighted by molar-refractivity contribution is 6.30. The highest BCUT2D eigenvalue weighted by atomic mass is 35.5. The van der Waals surface area contributed by atoms with Crippen LogP contribution >= 0.6 is 11.6 Å². The fourth-order valence-electron chi connectivity index (χ4n) is 1.06. The number of hydrogen-bond donors (Lipinski definition) is 2. The van der Waals surface area contributed by atoms with Gasteiger partial charge in [0.1, 0.15) is 5.75 Å². The number of aliphatic hydroxyl groups excluding tert-OH is 1. The van der Waals surface area contributed by atoms with Gasteiger partial charge in [-0.2, -0.15) is 8.78 Å². The second-order valence-corrected chi connectivity index (χ2v) is 3.28. The third kappa shape index (κ3) is 5.29. The minimum absolute atomic E-state index is 0.00606. The van der Waals surface area contributed by atoms with E-state index in [4.69, 9.17) is 16.7 Å². The molecule has 0 spiro atoms. The van der Waals surface area contributed by atoms with Gasteiger partial charge in [0.05, 0.1) is 0 Å². The molecule has 7 heteroatoms. The van der Waals surface area contributed by atoms with Crippen molar-refractivity contribution in [3.63, 3.8) is 0 Å². The van der Waals surface area contributed by atoms with Gasteiger partial charge in [-0.05, 0) is 23.8 Å². The maximum absolute atomic E-state index is 11.9. The molecule has 0 saturated heterocycles. The van der Waals surface area contributed by atoms with E-state index in [0.29, 0.717) is 0 Å². The largest absolute Gasteiger partial charge is 0.479 e. The average molecular weight is 283 g/mol. The first-order valence-electron chi connectivity index (χ1n) is 5.06. The summed E-state index contributed by atoms with van der Waals surface area (Å²) in [7, 11) is 0. The average Bonchev–Trinajstić information content (AvgIpc) is 2.28. The van der Waals surface area contributed by atoms with Crippen LogP contribution in [0.5, 0.6) is 5.75 Å². The molecule has 1 atom stereocenters. The van der Waals surface area contributed by atoms with Gasteiger partial charge in [-0.25, -0.2) is 4.79 Å². The van der Waals surface area contributed by atoms with E-state index in [0.717, 1.165) is 18.2 Å². The molecule has 0 aromatic heterocycles. The highest BCUT2D eigenvalue weighted by Gasteiger charge is 2.18. The fourth-order valence-corrected chi connectivity index (χ4v) is 1.29. The summed E-state index contributed by atoms with van der Waals surface area (Å²) in [6, 6.07) is 3.22. The van der Waals surface area contributed by atoms with E-state index < -0.39 is 18.7 Å². The van der Waals surface area contributed by atoms with Gasteiger partial charge in [0.25, 0.3) is 0 Å². The standard InChI is InChI=1S/C9H7ClF2O4.C2H6/c10-5-1-4(7(13)8(14)15)2-6(3-5)16-9(11)12;1-2/h1-3,7,9,13H,(H,14,15);1-2H3. The number of halogens is 3. The maximum Gasteiger partial charge on any atom is 0.387 e. The van der Waals surface area contributed by atoms with E-state index in [2.05, 4.69) is 4.74 Å². The summed E-state index contributed by atoms with van der Waals surface area (Å²) in [6.45, 7) is 0.952. The number of carboxylic acid groups (broad SMARTS) is 1. The Kier molecular flexibility index (Phi) is 7.23. The number of benzene rings is 1. The van der Waals surface area contributed by atoms with Gasteiger partial charge in [-0.1, -0.05) is 25.4 Å². The van der Waals surface area contributed by atoms with Gasteiger partial charge in [0.15, 0.2) is 6.10 Å². The van der Waals surface area contributed by atoms with Crippen molar-refractivity contribution in [2.45, 2.75) is 26.6 Å². The summed E-state index contributed by atoms with van der Waals surface area (Å²) in [5.74, 6) is -1.82. The summed E-state index contributed by atoms with van der Waals surface area (Å²) < 4.78 is 27.8. The van der Waals surface area contributed by atoms with Crippen LogP contribution in [0.1, 0.15) is 25.5 Å². The van der Waals surface area contributed by atoms with E-state index in [1.54, 1.807) is 0 Å². The Morgan fingerprint density at radius 2 is 1.89 bits per heavy atom. The van der Waals surface area contributed by atoms with Crippen molar-refractivity contribution in [1.82, 2.24) is 0 Å². The first kappa shape index (κ1) is 16.6. The number of rotatable bonds is 4. The molecular formula is C11H13ClF2O4. The second kappa shape index (κ2) is 7.84. The number of alkyl halides is 2. The van der Waals surface area contributed by atoms with Crippen LogP contribution in [-0.4, -0.2) is 22.8 Å². The van der Waals surface area contributed by atoms with E-state index in [9.17, 15) is 18.7 Å². The molecule has 0 aliphatic rings. The monoisotopic (exact) mass is 282 g/mol. The molecule has 0 aliphatic heterocycles. The van der Waals surface area contributed by atoms with Gasteiger partial charge >= 0.3 is 12.6 Å². The number of ether oxygens (including phenoxy) is 1. The molecule has 0 aliphatic carbocycles. The van der Waals surface area contributed by atoms with E-state index in [1.165, 1.54) is 0 Å². The zero-order valence-electron chi connectivity index (χ0n) is 9.73. The molecule has 0 saturated carbocycles. The molecule has 102 valence electrons. The van der Waals surface area contributed by atoms with Crippen molar-refractivity contribution in [2.75, 3.05) is 0 Å². The first-order valence-corrected chi connectivity index (χ1v) is 5.44. The number of hydrogen-bond acceptors (Lipinski definition) is 3. The molecule has 0 amide bonds. The lowest BCUT2D eigenvalue weighted by atomic mass is 10.1. The van der Waals surface area contributed by atoms with Crippen LogP contribution in [0.25, 0.3) is 0 Å². The Balaban J connectivity index is 0.00000137. The molecule has 0 bridgehead atoms. The van der Waals surface area contributed by atoms with Crippen LogP contribution in [0, 0.1) is 0 Å². The van der Waals surface area contributed by atoms with Crippen molar-refractivity contribution in [2.24, 2.45) is 0 Å². The van der Waals surface area contributed by atoms with Crippen LogP contribution < -0.4 is 4.74 Å². The SMILES string of the molecule is CC.O=C(O)C(O)c1cc(Cl)cc(OC(F)F)c1. The normalized spacial score (nSPS) is 11.5. The maximum atomic E-state index is 11.9. The molecular weight excluding hydrogens is 270 g/mol. The van der Waals surface area contributed by atoms with Gasteiger partial charge in [-0.3, -0.25) is 0 Å². The second-order valence-electron chi connectivity index (χ2n) is 2.84. The molecule has 1 rings (SSSR count). The van der Waals surface area contributed by atoms with Crippen LogP contribution in [0.15, 0.2) is 18.2 Å². The molecule has 0 radical (unpaired) electrons.